The van der Waals surface area contributed by atoms with E-state index in [9.17, 15) is 20.5 Å². The number of carbonyl (C=O) groups excluding carboxylic acids is 1. The van der Waals surface area contributed by atoms with Gasteiger partial charge in [-0.25, -0.2) is 4.79 Å². The first kappa shape index (κ1) is 38.5. The molecule has 2 heterocycles. The van der Waals surface area contributed by atoms with Crippen molar-refractivity contribution in [1.82, 2.24) is 0 Å². The van der Waals surface area contributed by atoms with Gasteiger partial charge in [-0.05, 0) is 36.6 Å². The molecule has 0 unspecified atom stereocenters. The van der Waals surface area contributed by atoms with Crippen LogP contribution in [-0.2, 0) is 23.7 Å². The van der Waals surface area contributed by atoms with Crippen molar-refractivity contribution >= 4 is 5.97 Å². The van der Waals surface area contributed by atoms with E-state index in [0.29, 0.717) is 5.56 Å². The van der Waals surface area contributed by atoms with Gasteiger partial charge in [-0.15, -0.1) is 0 Å². The average molecular weight is 680 g/mol. The Morgan fingerprint density at radius 3 is 2.20 bits per heavy atom. The molecule has 2 fully saturated rings. The van der Waals surface area contributed by atoms with Crippen LogP contribution in [0.3, 0.4) is 0 Å². The predicted molar refractivity (Wildman–Crippen MR) is 185 cm³/mol. The number of ether oxygens (including phenoxy) is 5. The van der Waals surface area contributed by atoms with Crippen LogP contribution in [0.2, 0.25) is 0 Å². The fraction of sp³-hybridized carbons (Fsp3) is 0.605. The standard InChI is InChI=1S/C38H53N3O8/c1-2-3-4-5-6-7-8-9-10-11-12-13-20-25-31(47-36(44)28-21-16-14-17-22-28)30(40-41-39)26-45-38-34(43)33(42)35-32(48-38)27-46-37(49-35)29-23-18-15-19-24-29/h14-25,30-35,37-38,42-43H,2-13,26-27H2,1H3/b25-20+/t30-,31+,32+,33+,34+,35-,37-,38+/m0/s1. The summed E-state index contributed by atoms with van der Waals surface area (Å²) in [7, 11) is 0. The van der Waals surface area contributed by atoms with Crippen LogP contribution in [0.5, 0.6) is 0 Å². The molecule has 2 aromatic carbocycles. The Kier molecular flexibility index (Phi) is 17.1. The molecule has 49 heavy (non-hydrogen) atoms. The van der Waals surface area contributed by atoms with Gasteiger partial charge in [0, 0.05) is 10.5 Å². The third-order valence-corrected chi connectivity index (χ3v) is 8.97. The maximum atomic E-state index is 13.0. The van der Waals surface area contributed by atoms with Gasteiger partial charge in [-0.2, -0.15) is 0 Å². The minimum Gasteiger partial charge on any atom is -0.454 e. The van der Waals surface area contributed by atoms with Gasteiger partial charge in [0.15, 0.2) is 12.6 Å². The first-order valence-electron chi connectivity index (χ1n) is 17.9. The Bertz CT molecular complexity index is 1290. The lowest BCUT2D eigenvalue weighted by Gasteiger charge is -2.46. The van der Waals surface area contributed by atoms with Crippen LogP contribution in [0.4, 0.5) is 0 Å². The third kappa shape index (κ3) is 12.5. The van der Waals surface area contributed by atoms with Crippen molar-refractivity contribution in [2.75, 3.05) is 13.2 Å². The molecule has 268 valence electrons. The second kappa shape index (κ2) is 21.7. The molecular weight excluding hydrogens is 626 g/mol. The second-order valence-electron chi connectivity index (χ2n) is 12.8. The maximum Gasteiger partial charge on any atom is 0.338 e. The molecule has 0 bridgehead atoms. The number of benzene rings is 2. The topological polar surface area (TPSA) is 152 Å². The number of carbonyl (C=O) groups is 1. The van der Waals surface area contributed by atoms with Crippen molar-refractivity contribution in [3.63, 3.8) is 0 Å². The van der Waals surface area contributed by atoms with E-state index in [1.165, 1.54) is 57.8 Å². The molecule has 0 spiro atoms. The first-order valence-corrected chi connectivity index (χ1v) is 17.9. The van der Waals surface area contributed by atoms with Crippen molar-refractivity contribution in [1.29, 1.82) is 0 Å². The molecule has 0 amide bonds. The highest BCUT2D eigenvalue weighted by Crippen LogP contribution is 2.34. The monoisotopic (exact) mass is 679 g/mol. The highest BCUT2D eigenvalue weighted by molar-refractivity contribution is 5.89. The van der Waals surface area contributed by atoms with Crippen LogP contribution in [0.1, 0.15) is 106 Å². The van der Waals surface area contributed by atoms with Gasteiger partial charge in [0.25, 0.3) is 0 Å². The zero-order valence-electron chi connectivity index (χ0n) is 28.6. The number of aliphatic hydroxyl groups is 2. The lowest BCUT2D eigenvalue weighted by Crippen LogP contribution is -2.62. The Morgan fingerprint density at radius 2 is 1.55 bits per heavy atom. The third-order valence-electron chi connectivity index (χ3n) is 8.97. The number of azide groups is 1. The van der Waals surface area contributed by atoms with Crippen LogP contribution in [-0.4, -0.2) is 72.2 Å². The summed E-state index contributed by atoms with van der Waals surface area (Å²) in [6.07, 6.45) is 10.9. The van der Waals surface area contributed by atoms with Crippen LogP contribution in [0, 0.1) is 0 Å². The second-order valence-corrected chi connectivity index (χ2v) is 12.8. The number of allylic oxidation sites excluding steroid dienone is 1. The number of esters is 1. The highest BCUT2D eigenvalue weighted by Gasteiger charge is 2.49. The van der Waals surface area contributed by atoms with Crippen LogP contribution >= 0.6 is 0 Å². The van der Waals surface area contributed by atoms with E-state index in [1.807, 2.05) is 36.4 Å². The van der Waals surface area contributed by atoms with Gasteiger partial charge in [0.05, 0.1) is 18.8 Å². The number of hydrogen-bond donors (Lipinski definition) is 2. The summed E-state index contributed by atoms with van der Waals surface area (Å²) in [6.45, 7) is 2.09. The molecule has 2 N–H and O–H groups in total. The Morgan fingerprint density at radius 1 is 0.918 bits per heavy atom. The summed E-state index contributed by atoms with van der Waals surface area (Å²) >= 11 is 0. The lowest BCUT2D eigenvalue weighted by atomic mass is 9.98. The van der Waals surface area contributed by atoms with Crippen molar-refractivity contribution in [3.8, 4) is 0 Å². The molecule has 2 saturated heterocycles. The van der Waals surface area contributed by atoms with Gasteiger partial charge in [0.2, 0.25) is 0 Å². The summed E-state index contributed by atoms with van der Waals surface area (Å²) in [5.41, 5.74) is 10.6. The van der Waals surface area contributed by atoms with Crippen LogP contribution in [0.15, 0.2) is 77.9 Å². The highest BCUT2D eigenvalue weighted by atomic mass is 16.8. The normalized spacial score (nSPS) is 24.9. The number of aliphatic hydroxyl groups excluding tert-OH is 2. The van der Waals surface area contributed by atoms with Gasteiger partial charge < -0.3 is 33.9 Å². The van der Waals surface area contributed by atoms with Crippen molar-refractivity contribution < 1.29 is 38.7 Å². The average Bonchev–Trinajstić information content (AvgIpc) is 3.14. The molecule has 2 aliphatic rings. The van der Waals surface area contributed by atoms with E-state index in [2.05, 4.69) is 16.9 Å². The summed E-state index contributed by atoms with van der Waals surface area (Å²) in [5, 5.41) is 25.8. The lowest BCUT2D eigenvalue weighted by molar-refractivity contribution is -0.361. The number of unbranched alkanes of at least 4 members (excludes halogenated alkanes) is 11. The summed E-state index contributed by atoms with van der Waals surface area (Å²) in [6, 6.07) is 16.9. The zero-order chi connectivity index (χ0) is 34.7. The first-order chi connectivity index (χ1) is 24.0. The minimum absolute atomic E-state index is 0.104. The summed E-state index contributed by atoms with van der Waals surface area (Å²) in [5.74, 6) is -0.570. The number of hydrogen-bond acceptors (Lipinski definition) is 9. The SMILES string of the molecule is CCCCCCCCCCCCC/C=C/[C@@H](OC(=O)c1ccccc1)[C@H](CO[C@@H]1O[C@@H]2CO[C@H](c3ccccc3)O[C@@H]2[C@H](O)[C@H]1O)N=[N+]=[N-]. The van der Waals surface area contributed by atoms with Crippen molar-refractivity contribution in [2.45, 2.75) is 133 Å². The quantitative estimate of drug-likeness (QED) is 0.0340. The van der Waals surface area contributed by atoms with E-state index in [-0.39, 0.29) is 13.2 Å². The Balaban J connectivity index is 1.30. The number of rotatable bonds is 21. The number of fused-ring (bicyclic) bond motifs is 1. The van der Waals surface area contributed by atoms with Crippen molar-refractivity contribution in [2.24, 2.45) is 5.11 Å². The molecule has 0 aromatic heterocycles. The molecule has 2 aromatic rings. The fourth-order valence-corrected chi connectivity index (χ4v) is 6.12. The molecule has 0 radical (unpaired) electrons. The van der Waals surface area contributed by atoms with E-state index in [0.717, 1.165) is 24.8 Å². The van der Waals surface area contributed by atoms with E-state index < -0.39 is 55.1 Å². The molecular formula is C38H53N3O8. The fourth-order valence-electron chi connectivity index (χ4n) is 6.12. The van der Waals surface area contributed by atoms with Crippen molar-refractivity contribution in [3.05, 3.63) is 94.4 Å². The Labute approximate surface area is 290 Å². The summed E-state index contributed by atoms with van der Waals surface area (Å²) < 4.78 is 29.5. The summed E-state index contributed by atoms with van der Waals surface area (Å²) in [4.78, 5) is 16.0. The molecule has 0 aliphatic carbocycles. The molecule has 11 heteroatoms. The molecule has 0 saturated carbocycles. The van der Waals surface area contributed by atoms with E-state index >= 15 is 0 Å². The zero-order valence-corrected chi connectivity index (χ0v) is 28.6. The van der Waals surface area contributed by atoms with Gasteiger partial charge in [0.1, 0.15) is 36.6 Å². The molecule has 2 aliphatic heterocycles. The van der Waals surface area contributed by atoms with E-state index in [4.69, 9.17) is 23.7 Å². The van der Waals surface area contributed by atoms with Gasteiger partial charge in [-0.1, -0.05) is 131 Å². The smallest absolute Gasteiger partial charge is 0.338 e. The largest absolute Gasteiger partial charge is 0.454 e. The predicted octanol–water partition coefficient (Wildman–Crippen LogP) is 7.73. The molecule has 4 rings (SSSR count). The van der Waals surface area contributed by atoms with E-state index in [1.54, 1.807) is 36.4 Å². The molecule has 11 nitrogen and oxygen atoms in total. The van der Waals surface area contributed by atoms with Crippen LogP contribution in [0.25, 0.3) is 10.4 Å². The van der Waals surface area contributed by atoms with Gasteiger partial charge in [-0.3, -0.25) is 0 Å². The Hall–Kier alpha value is -3.28. The number of nitrogens with zero attached hydrogens (tertiary/aromatic N) is 3. The maximum absolute atomic E-state index is 13.0. The van der Waals surface area contributed by atoms with Crippen LogP contribution < -0.4 is 0 Å². The van der Waals surface area contributed by atoms with Gasteiger partial charge >= 0.3 is 5.97 Å². The minimum atomic E-state index is -1.45. The molecule has 8 atom stereocenters.